The summed E-state index contributed by atoms with van der Waals surface area (Å²) in [6.45, 7) is 2.80. The first kappa shape index (κ1) is 19.4. The van der Waals surface area contributed by atoms with Gasteiger partial charge >= 0.3 is 0 Å². The smallest absolute Gasteiger partial charge is 0.274 e. The van der Waals surface area contributed by atoms with E-state index in [1.807, 2.05) is 17.1 Å². The van der Waals surface area contributed by atoms with E-state index >= 15 is 0 Å². The number of ether oxygens (including phenoxy) is 3. The van der Waals surface area contributed by atoms with Crippen molar-refractivity contribution in [3.63, 3.8) is 0 Å². The predicted octanol–water partition coefficient (Wildman–Crippen LogP) is 4.37. The van der Waals surface area contributed by atoms with Crippen LogP contribution in [-0.4, -0.2) is 38.8 Å². The van der Waals surface area contributed by atoms with Crippen molar-refractivity contribution in [1.29, 1.82) is 0 Å². The standard InChI is InChI=1S/C22H23N3O3S/c1-14-5-7-16(8-6-14)25-21(29-22(24-25)28-4)13-18-17-12-20(27-3)19(26-2)11-15(17)9-10-23-18/h5-8,11-13H,9-10H2,1-4H3. The van der Waals surface area contributed by atoms with E-state index in [-0.39, 0.29) is 0 Å². The maximum absolute atomic E-state index is 5.50. The Labute approximate surface area is 174 Å². The van der Waals surface area contributed by atoms with Crippen LogP contribution in [0.5, 0.6) is 11.5 Å². The molecule has 150 valence electrons. The number of anilines is 1. The zero-order chi connectivity index (χ0) is 20.4. The fourth-order valence-electron chi connectivity index (χ4n) is 3.32. The summed E-state index contributed by atoms with van der Waals surface area (Å²) in [4.78, 5) is 4.77. The van der Waals surface area contributed by atoms with Gasteiger partial charge in [-0.25, -0.2) is 5.01 Å². The zero-order valence-corrected chi connectivity index (χ0v) is 17.7. The molecule has 0 aliphatic carbocycles. The number of rotatable bonds is 4. The molecule has 0 atom stereocenters. The van der Waals surface area contributed by atoms with E-state index in [1.165, 1.54) is 22.9 Å². The van der Waals surface area contributed by atoms with Gasteiger partial charge in [-0.3, -0.25) is 4.99 Å². The summed E-state index contributed by atoms with van der Waals surface area (Å²) in [7, 11) is 4.93. The Bertz CT molecular complexity index is 1010. The molecule has 2 aliphatic heterocycles. The van der Waals surface area contributed by atoms with Crippen LogP contribution in [0.3, 0.4) is 0 Å². The van der Waals surface area contributed by atoms with Crippen LogP contribution in [0.4, 0.5) is 5.69 Å². The summed E-state index contributed by atoms with van der Waals surface area (Å²) < 4.78 is 16.4. The molecule has 0 fully saturated rings. The van der Waals surface area contributed by atoms with Crippen LogP contribution in [0.25, 0.3) is 0 Å². The molecule has 0 saturated heterocycles. The van der Waals surface area contributed by atoms with Gasteiger partial charge in [0.25, 0.3) is 5.23 Å². The molecule has 0 unspecified atom stereocenters. The average Bonchev–Trinajstić information content (AvgIpc) is 3.16. The largest absolute Gasteiger partial charge is 0.493 e. The van der Waals surface area contributed by atoms with Crippen molar-refractivity contribution < 1.29 is 14.2 Å². The molecule has 7 heteroatoms. The van der Waals surface area contributed by atoms with Crippen LogP contribution in [0, 0.1) is 6.92 Å². The number of fused-ring (bicyclic) bond motifs is 1. The Balaban J connectivity index is 1.73. The van der Waals surface area contributed by atoms with Gasteiger partial charge in [0.15, 0.2) is 11.5 Å². The van der Waals surface area contributed by atoms with Crippen LogP contribution < -0.4 is 14.5 Å². The first-order valence-electron chi connectivity index (χ1n) is 9.31. The van der Waals surface area contributed by atoms with Crippen LogP contribution >= 0.6 is 11.8 Å². The quantitative estimate of drug-likeness (QED) is 0.751. The second-order valence-electron chi connectivity index (χ2n) is 6.68. The van der Waals surface area contributed by atoms with E-state index in [0.29, 0.717) is 11.0 Å². The third-order valence-electron chi connectivity index (χ3n) is 4.84. The zero-order valence-electron chi connectivity index (χ0n) is 16.9. The number of hydrazone groups is 1. The number of nitrogens with zero attached hydrogens (tertiary/aromatic N) is 3. The van der Waals surface area contributed by atoms with E-state index in [9.17, 15) is 0 Å². The van der Waals surface area contributed by atoms with E-state index in [1.54, 1.807) is 21.3 Å². The molecule has 0 saturated carbocycles. The Morgan fingerprint density at radius 1 is 1.00 bits per heavy atom. The number of aliphatic imine (C=N–C) groups is 1. The number of thioether (sulfide) groups is 1. The third-order valence-corrected chi connectivity index (χ3v) is 5.77. The van der Waals surface area contributed by atoms with Crippen molar-refractivity contribution in [2.75, 3.05) is 32.9 Å². The molecular weight excluding hydrogens is 386 g/mol. The van der Waals surface area contributed by atoms with Crippen molar-refractivity contribution in [2.45, 2.75) is 13.3 Å². The summed E-state index contributed by atoms with van der Waals surface area (Å²) in [6, 6.07) is 12.3. The predicted molar refractivity (Wildman–Crippen MR) is 118 cm³/mol. The van der Waals surface area contributed by atoms with Gasteiger partial charge < -0.3 is 14.2 Å². The van der Waals surface area contributed by atoms with E-state index < -0.39 is 0 Å². The molecule has 2 heterocycles. The minimum absolute atomic E-state index is 0.598. The molecule has 4 rings (SSSR count). The Morgan fingerprint density at radius 3 is 2.41 bits per heavy atom. The summed E-state index contributed by atoms with van der Waals surface area (Å²) in [5.41, 5.74) is 5.33. The molecule has 0 amide bonds. The van der Waals surface area contributed by atoms with Crippen molar-refractivity contribution in [1.82, 2.24) is 0 Å². The van der Waals surface area contributed by atoms with Gasteiger partial charge in [0, 0.05) is 12.1 Å². The van der Waals surface area contributed by atoms with Gasteiger partial charge in [0.1, 0.15) is 5.03 Å². The minimum Gasteiger partial charge on any atom is -0.493 e. The normalized spacial score (nSPS) is 17.0. The second-order valence-corrected chi connectivity index (χ2v) is 7.65. The van der Waals surface area contributed by atoms with E-state index in [4.69, 9.17) is 19.2 Å². The summed E-state index contributed by atoms with van der Waals surface area (Å²) in [5, 5.41) is 8.02. The summed E-state index contributed by atoms with van der Waals surface area (Å²) >= 11 is 1.48. The molecule has 29 heavy (non-hydrogen) atoms. The molecule has 0 bridgehead atoms. The fraction of sp³-hybridized carbons (Fsp3) is 0.273. The highest BCUT2D eigenvalue weighted by atomic mass is 32.2. The topological polar surface area (TPSA) is 55.7 Å². The first-order chi connectivity index (χ1) is 14.1. The Hall–Kier alpha value is -2.93. The molecule has 2 aromatic rings. The highest BCUT2D eigenvalue weighted by Gasteiger charge is 2.26. The lowest BCUT2D eigenvalue weighted by Crippen LogP contribution is -2.15. The minimum atomic E-state index is 0.598. The van der Waals surface area contributed by atoms with Crippen molar-refractivity contribution in [3.8, 4) is 11.5 Å². The highest BCUT2D eigenvalue weighted by Crippen LogP contribution is 2.37. The number of benzene rings is 2. The van der Waals surface area contributed by atoms with Crippen molar-refractivity contribution >= 4 is 28.4 Å². The SMILES string of the molecule is COC1=NN(c2ccc(C)cc2)C(=CC2=NCCc3cc(OC)c(OC)cc32)S1. The number of allylic oxidation sites excluding steroid dienone is 1. The third kappa shape index (κ3) is 3.82. The number of hydrogen-bond acceptors (Lipinski definition) is 7. The van der Waals surface area contributed by atoms with Gasteiger partial charge in [-0.15, -0.1) is 5.10 Å². The van der Waals surface area contributed by atoms with Gasteiger partial charge in [-0.05, 0) is 61.0 Å². The lowest BCUT2D eigenvalue weighted by Gasteiger charge is -2.20. The number of aryl methyl sites for hydroxylation is 1. The van der Waals surface area contributed by atoms with Gasteiger partial charge in [-0.2, -0.15) is 0 Å². The maximum atomic E-state index is 5.50. The van der Waals surface area contributed by atoms with Crippen molar-refractivity contribution in [3.05, 3.63) is 64.2 Å². The van der Waals surface area contributed by atoms with Crippen LogP contribution in [0.1, 0.15) is 16.7 Å². The Kier molecular flexibility index (Phi) is 5.49. The van der Waals surface area contributed by atoms with E-state index in [0.717, 1.165) is 40.7 Å². The molecular formula is C22H23N3O3S. The lowest BCUT2D eigenvalue weighted by atomic mass is 9.96. The lowest BCUT2D eigenvalue weighted by molar-refractivity contribution is 0.354. The fourth-order valence-corrected chi connectivity index (χ4v) is 4.10. The number of hydrogen-bond donors (Lipinski definition) is 0. The van der Waals surface area contributed by atoms with Gasteiger partial charge in [-0.1, -0.05) is 17.7 Å². The monoisotopic (exact) mass is 409 g/mol. The molecule has 0 aromatic heterocycles. The van der Waals surface area contributed by atoms with Crippen molar-refractivity contribution in [2.24, 2.45) is 10.1 Å². The first-order valence-corrected chi connectivity index (χ1v) is 10.1. The molecule has 2 aliphatic rings. The Morgan fingerprint density at radius 2 is 1.72 bits per heavy atom. The summed E-state index contributed by atoms with van der Waals surface area (Å²) in [5.74, 6) is 1.43. The van der Waals surface area contributed by atoms with E-state index in [2.05, 4.69) is 42.4 Å². The highest BCUT2D eigenvalue weighted by molar-refractivity contribution is 8.17. The average molecular weight is 410 g/mol. The molecule has 0 spiro atoms. The molecule has 6 nitrogen and oxygen atoms in total. The van der Waals surface area contributed by atoms with Crippen LogP contribution in [0.15, 0.2) is 57.6 Å². The second kappa shape index (κ2) is 8.21. The van der Waals surface area contributed by atoms with Crippen LogP contribution in [0.2, 0.25) is 0 Å². The summed E-state index contributed by atoms with van der Waals surface area (Å²) in [6.07, 6.45) is 2.93. The molecule has 2 aromatic carbocycles. The van der Waals surface area contributed by atoms with Gasteiger partial charge in [0.05, 0.1) is 32.7 Å². The molecule has 0 radical (unpaired) electrons. The van der Waals surface area contributed by atoms with Gasteiger partial charge in [0.2, 0.25) is 0 Å². The maximum Gasteiger partial charge on any atom is 0.274 e. The number of methoxy groups -OCH3 is 3. The molecule has 0 N–H and O–H groups in total. The van der Waals surface area contributed by atoms with Crippen LogP contribution in [-0.2, 0) is 11.2 Å².